The van der Waals surface area contributed by atoms with Gasteiger partial charge in [0.1, 0.15) is 6.07 Å². The van der Waals surface area contributed by atoms with Gasteiger partial charge in [-0.1, -0.05) is 0 Å². The maximum absolute atomic E-state index is 11.2. The summed E-state index contributed by atoms with van der Waals surface area (Å²) in [4.78, 5) is 11.2. The Morgan fingerprint density at radius 2 is 2.62 bits per heavy atom. The Balaban J connectivity index is 2.57. The van der Waals surface area contributed by atoms with Crippen LogP contribution in [0.5, 0.6) is 0 Å². The Hall–Kier alpha value is -1.12. The highest BCUT2D eigenvalue weighted by Gasteiger charge is 2.33. The summed E-state index contributed by atoms with van der Waals surface area (Å²) in [6.45, 7) is 0.689. The summed E-state index contributed by atoms with van der Waals surface area (Å²) in [6, 6.07) is 1.96. The molecule has 13 heavy (non-hydrogen) atoms. The second-order valence-electron chi connectivity index (χ2n) is 3.31. The SMILES string of the molecule is CNC(N)(C#N)C[C@@H]1CCNC1=O. The van der Waals surface area contributed by atoms with Crippen LogP contribution in [-0.4, -0.2) is 25.2 Å². The van der Waals surface area contributed by atoms with Gasteiger partial charge in [-0.05, 0) is 13.5 Å². The summed E-state index contributed by atoms with van der Waals surface area (Å²) < 4.78 is 0. The van der Waals surface area contributed by atoms with Crippen molar-refractivity contribution < 1.29 is 4.79 Å². The van der Waals surface area contributed by atoms with Crippen LogP contribution in [0.2, 0.25) is 0 Å². The lowest BCUT2D eigenvalue weighted by Gasteiger charge is -2.22. The Labute approximate surface area is 77.3 Å². The molecule has 4 N–H and O–H groups in total. The second-order valence-corrected chi connectivity index (χ2v) is 3.31. The lowest BCUT2D eigenvalue weighted by molar-refractivity contribution is -0.122. The van der Waals surface area contributed by atoms with Gasteiger partial charge >= 0.3 is 0 Å². The van der Waals surface area contributed by atoms with Gasteiger partial charge in [-0.15, -0.1) is 0 Å². The number of hydrogen-bond donors (Lipinski definition) is 3. The van der Waals surface area contributed by atoms with E-state index in [-0.39, 0.29) is 11.8 Å². The van der Waals surface area contributed by atoms with Crippen molar-refractivity contribution in [2.24, 2.45) is 11.7 Å². The second kappa shape index (κ2) is 3.73. The first-order chi connectivity index (χ1) is 6.11. The largest absolute Gasteiger partial charge is 0.356 e. The number of carbonyl (C=O) groups is 1. The van der Waals surface area contributed by atoms with Gasteiger partial charge in [0, 0.05) is 18.9 Å². The molecule has 0 radical (unpaired) electrons. The number of amides is 1. The number of nitrogens with one attached hydrogen (secondary N) is 2. The van der Waals surface area contributed by atoms with Gasteiger partial charge in [0.05, 0.1) is 0 Å². The van der Waals surface area contributed by atoms with Crippen molar-refractivity contribution in [2.45, 2.75) is 18.5 Å². The summed E-state index contributed by atoms with van der Waals surface area (Å²) in [5, 5.41) is 14.2. The Morgan fingerprint density at radius 3 is 3.00 bits per heavy atom. The van der Waals surface area contributed by atoms with E-state index in [0.29, 0.717) is 13.0 Å². The van der Waals surface area contributed by atoms with Crippen molar-refractivity contribution >= 4 is 5.91 Å². The lowest BCUT2D eigenvalue weighted by atomic mass is 9.95. The molecule has 0 aromatic carbocycles. The molecule has 0 bridgehead atoms. The van der Waals surface area contributed by atoms with Gasteiger partial charge in [-0.2, -0.15) is 5.26 Å². The van der Waals surface area contributed by atoms with Crippen LogP contribution in [0.4, 0.5) is 0 Å². The number of carbonyl (C=O) groups excluding carboxylic acids is 1. The van der Waals surface area contributed by atoms with Crippen molar-refractivity contribution in [1.29, 1.82) is 5.26 Å². The van der Waals surface area contributed by atoms with E-state index in [4.69, 9.17) is 11.0 Å². The van der Waals surface area contributed by atoms with Crippen molar-refractivity contribution in [3.05, 3.63) is 0 Å². The molecule has 1 heterocycles. The first kappa shape index (κ1) is 9.96. The predicted octanol–water partition coefficient (Wildman–Crippen LogP) is -1.09. The minimum absolute atomic E-state index is 0.000301. The van der Waals surface area contributed by atoms with E-state index in [9.17, 15) is 4.79 Å². The van der Waals surface area contributed by atoms with E-state index in [1.54, 1.807) is 7.05 Å². The van der Waals surface area contributed by atoms with Gasteiger partial charge < -0.3 is 11.1 Å². The molecule has 0 spiro atoms. The van der Waals surface area contributed by atoms with Crippen LogP contribution in [0, 0.1) is 17.2 Å². The molecule has 1 aliphatic rings. The van der Waals surface area contributed by atoms with Crippen LogP contribution >= 0.6 is 0 Å². The highest BCUT2D eigenvalue weighted by molar-refractivity contribution is 5.80. The molecular formula is C8H14N4O. The van der Waals surface area contributed by atoms with Gasteiger partial charge in [0.15, 0.2) is 5.66 Å². The highest BCUT2D eigenvalue weighted by atomic mass is 16.2. The number of rotatable bonds is 3. The topological polar surface area (TPSA) is 90.9 Å². The fourth-order valence-electron chi connectivity index (χ4n) is 1.43. The first-order valence-corrected chi connectivity index (χ1v) is 4.28. The molecule has 0 aromatic rings. The normalized spacial score (nSPS) is 26.2. The van der Waals surface area contributed by atoms with E-state index in [2.05, 4.69) is 10.6 Å². The molecule has 1 saturated heterocycles. The third-order valence-electron chi connectivity index (χ3n) is 2.38. The van der Waals surface area contributed by atoms with Crippen LogP contribution < -0.4 is 16.4 Å². The predicted molar refractivity (Wildman–Crippen MR) is 47.3 cm³/mol. The molecule has 5 heteroatoms. The quantitative estimate of drug-likeness (QED) is 0.484. The zero-order chi connectivity index (χ0) is 9.90. The third kappa shape index (κ3) is 2.17. The standard InChI is InChI=1S/C8H14N4O/c1-11-8(10,5-9)4-6-2-3-12-7(6)13/h6,11H,2-4,10H2,1H3,(H,12,13)/t6-,8?/m0/s1. The fraction of sp³-hybridized carbons (Fsp3) is 0.750. The smallest absolute Gasteiger partial charge is 0.223 e. The van der Waals surface area contributed by atoms with Gasteiger partial charge in [-0.25, -0.2) is 0 Å². The Kier molecular flexibility index (Phi) is 2.86. The molecular weight excluding hydrogens is 168 g/mol. The molecule has 1 rings (SSSR count). The van der Waals surface area contributed by atoms with Gasteiger partial charge in [0.2, 0.25) is 5.91 Å². The number of nitrogens with zero attached hydrogens (tertiary/aromatic N) is 1. The minimum atomic E-state index is -1.08. The van der Waals surface area contributed by atoms with Crippen molar-refractivity contribution in [1.82, 2.24) is 10.6 Å². The van der Waals surface area contributed by atoms with Gasteiger partial charge in [0.25, 0.3) is 0 Å². The van der Waals surface area contributed by atoms with Crippen LogP contribution in [0.3, 0.4) is 0 Å². The van der Waals surface area contributed by atoms with Gasteiger partial charge in [-0.3, -0.25) is 10.1 Å². The summed E-state index contributed by atoms with van der Waals surface area (Å²) >= 11 is 0. The molecule has 1 aliphatic heterocycles. The average molecular weight is 182 g/mol. The maximum Gasteiger partial charge on any atom is 0.223 e. The fourth-order valence-corrected chi connectivity index (χ4v) is 1.43. The summed E-state index contributed by atoms with van der Waals surface area (Å²) in [6.07, 6.45) is 1.13. The Bertz CT molecular complexity index is 247. The molecule has 1 amide bonds. The third-order valence-corrected chi connectivity index (χ3v) is 2.38. The maximum atomic E-state index is 11.2. The number of nitriles is 1. The summed E-state index contributed by atoms with van der Waals surface area (Å²) in [5.41, 5.74) is 4.61. The zero-order valence-corrected chi connectivity index (χ0v) is 7.63. The summed E-state index contributed by atoms with van der Waals surface area (Å²) in [5.74, 6) is -0.127. The van der Waals surface area contributed by atoms with Crippen LogP contribution in [0.1, 0.15) is 12.8 Å². The van der Waals surface area contributed by atoms with Crippen molar-refractivity contribution in [2.75, 3.05) is 13.6 Å². The molecule has 0 saturated carbocycles. The van der Waals surface area contributed by atoms with E-state index in [0.717, 1.165) is 6.42 Å². The molecule has 5 nitrogen and oxygen atoms in total. The lowest BCUT2D eigenvalue weighted by Crippen LogP contribution is -2.52. The molecule has 0 aromatic heterocycles. The molecule has 0 aliphatic carbocycles. The van der Waals surface area contributed by atoms with Crippen LogP contribution in [0.15, 0.2) is 0 Å². The molecule has 1 fully saturated rings. The molecule has 2 atom stereocenters. The highest BCUT2D eigenvalue weighted by Crippen LogP contribution is 2.18. The van der Waals surface area contributed by atoms with Crippen LogP contribution in [-0.2, 0) is 4.79 Å². The Morgan fingerprint density at radius 1 is 1.92 bits per heavy atom. The first-order valence-electron chi connectivity index (χ1n) is 4.28. The van der Waals surface area contributed by atoms with Crippen LogP contribution in [0.25, 0.3) is 0 Å². The van der Waals surface area contributed by atoms with E-state index < -0.39 is 5.66 Å². The van der Waals surface area contributed by atoms with Crippen molar-refractivity contribution in [3.8, 4) is 6.07 Å². The number of hydrogen-bond acceptors (Lipinski definition) is 4. The number of nitrogens with two attached hydrogens (primary N) is 1. The molecule has 1 unspecified atom stereocenters. The van der Waals surface area contributed by atoms with E-state index >= 15 is 0 Å². The summed E-state index contributed by atoms with van der Waals surface area (Å²) in [7, 11) is 1.62. The molecule has 72 valence electrons. The minimum Gasteiger partial charge on any atom is -0.356 e. The van der Waals surface area contributed by atoms with Crippen molar-refractivity contribution in [3.63, 3.8) is 0 Å². The van der Waals surface area contributed by atoms with E-state index in [1.165, 1.54) is 0 Å². The monoisotopic (exact) mass is 182 g/mol. The zero-order valence-electron chi connectivity index (χ0n) is 7.63. The average Bonchev–Trinajstić information content (AvgIpc) is 2.52. The van der Waals surface area contributed by atoms with E-state index in [1.807, 2.05) is 6.07 Å².